The first-order valence-electron chi connectivity index (χ1n) is 10.8. The van der Waals surface area contributed by atoms with Gasteiger partial charge in [0.05, 0.1) is 25.8 Å². The highest BCUT2D eigenvalue weighted by Gasteiger charge is 2.33. The van der Waals surface area contributed by atoms with Crippen molar-refractivity contribution in [2.75, 3.05) is 11.1 Å². The summed E-state index contributed by atoms with van der Waals surface area (Å²) in [6.45, 7) is 3.24. The fraction of sp³-hybridized carbons (Fsp3) is 0.417. The van der Waals surface area contributed by atoms with Gasteiger partial charge in [-0.3, -0.25) is 9.59 Å². The van der Waals surface area contributed by atoms with Crippen molar-refractivity contribution >= 4 is 27.2 Å². The first kappa shape index (κ1) is 20.4. The van der Waals surface area contributed by atoms with Crippen LogP contribution in [0.5, 0.6) is 0 Å². The molecule has 1 unspecified atom stereocenters. The van der Waals surface area contributed by atoms with Crippen molar-refractivity contribution in [3.8, 4) is 0 Å². The van der Waals surface area contributed by atoms with Crippen LogP contribution in [0.1, 0.15) is 64.9 Å². The number of hydrogen-bond donors (Lipinski definition) is 2. The minimum atomic E-state index is -3.24. The number of aryl methyl sites for hydroxylation is 2. The normalized spacial score (nSPS) is 21.5. The van der Waals surface area contributed by atoms with Gasteiger partial charge in [-0.25, -0.2) is 4.21 Å². The zero-order chi connectivity index (χ0) is 22.0. The molecule has 1 atom stereocenters. The number of carbonyl (C=O) groups excluding carboxylic acids is 2. The highest BCUT2D eigenvalue weighted by molar-refractivity contribution is 7.95. The smallest absolute Gasteiger partial charge is 0.286 e. The monoisotopic (exact) mass is 438 g/mol. The Kier molecular flexibility index (Phi) is 4.61. The van der Waals surface area contributed by atoms with E-state index in [1.54, 1.807) is 26.0 Å². The van der Waals surface area contributed by atoms with Gasteiger partial charge in [-0.05, 0) is 92.3 Å². The standard InChI is InChI=1S/C24H26N2O4S/c1-24(2,29)16-9-10-19-20(12-16)31(30,26-23(19)28)13-21(27)25-22-17-7-3-5-14(17)11-15-6-4-8-18(15)22/h9-12,29H,3-8,13H2,1-2H3,(H,25,27). The van der Waals surface area contributed by atoms with Gasteiger partial charge in [0.2, 0.25) is 5.91 Å². The van der Waals surface area contributed by atoms with Crippen LogP contribution in [-0.2, 0) is 45.8 Å². The number of carbonyl (C=O) groups is 2. The summed E-state index contributed by atoms with van der Waals surface area (Å²) in [5.74, 6) is -1.34. The summed E-state index contributed by atoms with van der Waals surface area (Å²) in [4.78, 5) is 25.7. The second-order valence-corrected chi connectivity index (χ2v) is 11.4. The molecule has 3 aliphatic rings. The molecule has 0 fully saturated rings. The summed E-state index contributed by atoms with van der Waals surface area (Å²) in [6, 6.07) is 7.02. The van der Waals surface area contributed by atoms with Crippen LogP contribution in [0.2, 0.25) is 0 Å². The summed E-state index contributed by atoms with van der Waals surface area (Å²) in [5, 5.41) is 13.4. The van der Waals surface area contributed by atoms with Gasteiger partial charge < -0.3 is 10.4 Å². The number of rotatable bonds is 4. The lowest BCUT2D eigenvalue weighted by Gasteiger charge is -2.19. The second-order valence-electron chi connectivity index (χ2n) is 9.23. The number of anilines is 1. The summed E-state index contributed by atoms with van der Waals surface area (Å²) in [7, 11) is -3.24. The van der Waals surface area contributed by atoms with Crippen molar-refractivity contribution in [2.45, 2.75) is 62.9 Å². The van der Waals surface area contributed by atoms with Crippen LogP contribution >= 0.6 is 0 Å². The predicted octanol–water partition coefficient (Wildman–Crippen LogP) is 3.51. The van der Waals surface area contributed by atoms with Crippen molar-refractivity contribution < 1.29 is 18.9 Å². The third-order valence-corrected chi connectivity index (χ3v) is 8.70. The van der Waals surface area contributed by atoms with Gasteiger partial charge in [-0.15, -0.1) is 0 Å². The molecule has 0 spiro atoms. The van der Waals surface area contributed by atoms with E-state index in [0.29, 0.717) is 5.56 Å². The molecule has 0 bridgehead atoms. The van der Waals surface area contributed by atoms with Crippen LogP contribution in [0.25, 0.3) is 0 Å². The Bertz CT molecular complexity index is 1230. The van der Waals surface area contributed by atoms with E-state index in [2.05, 4.69) is 15.7 Å². The third kappa shape index (κ3) is 3.40. The van der Waals surface area contributed by atoms with E-state index >= 15 is 0 Å². The Labute approximate surface area is 182 Å². The van der Waals surface area contributed by atoms with E-state index < -0.39 is 27.1 Å². The van der Waals surface area contributed by atoms with Crippen LogP contribution in [0.3, 0.4) is 0 Å². The molecular weight excluding hydrogens is 412 g/mol. The topological polar surface area (TPSA) is 95.8 Å². The lowest BCUT2D eigenvalue weighted by atomic mass is 9.97. The van der Waals surface area contributed by atoms with Gasteiger partial charge in [-0.1, -0.05) is 12.1 Å². The van der Waals surface area contributed by atoms with E-state index in [1.165, 1.54) is 28.3 Å². The van der Waals surface area contributed by atoms with E-state index in [1.807, 2.05) is 0 Å². The molecule has 5 rings (SSSR count). The largest absolute Gasteiger partial charge is 0.386 e. The number of amides is 2. The maximum Gasteiger partial charge on any atom is 0.286 e. The molecule has 1 heterocycles. The Hall–Kier alpha value is -2.51. The number of benzene rings is 2. The van der Waals surface area contributed by atoms with Gasteiger partial charge >= 0.3 is 0 Å². The molecule has 31 heavy (non-hydrogen) atoms. The van der Waals surface area contributed by atoms with E-state index in [9.17, 15) is 18.9 Å². The molecule has 0 aromatic heterocycles. The minimum Gasteiger partial charge on any atom is -0.386 e. The average molecular weight is 439 g/mol. The minimum absolute atomic E-state index is 0.243. The van der Waals surface area contributed by atoms with Gasteiger partial charge in [0.15, 0.2) is 0 Å². The summed E-state index contributed by atoms with van der Waals surface area (Å²) < 4.78 is 17.5. The fourth-order valence-electron chi connectivity index (χ4n) is 5.01. The zero-order valence-electron chi connectivity index (χ0n) is 17.8. The molecule has 0 saturated carbocycles. The Morgan fingerprint density at radius 1 is 1.10 bits per heavy atom. The first-order valence-corrected chi connectivity index (χ1v) is 12.5. The average Bonchev–Trinajstić information content (AvgIpc) is 3.39. The quantitative estimate of drug-likeness (QED) is 0.764. The highest BCUT2D eigenvalue weighted by atomic mass is 32.2. The number of aliphatic hydroxyl groups is 1. The van der Waals surface area contributed by atoms with Gasteiger partial charge in [0, 0.05) is 5.69 Å². The van der Waals surface area contributed by atoms with Crippen molar-refractivity contribution in [2.24, 2.45) is 4.36 Å². The maximum absolute atomic E-state index is 13.6. The molecular formula is C24H26N2O4S. The summed E-state index contributed by atoms with van der Waals surface area (Å²) >= 11 is 0. The van der Waals surface area contributed by atoms with Crippen LogP contribution < -0.4 is 5.32 Å². The molecule has 0 saturated heterocycles. The number of nitrogens with zero attached hydrogens (tertiary/aromatic N) is 1. The fourth-order valence-corrected chi connectivity index (χ4v) is 6.93. The Balaban J connectivity index is 1.48. The molecule has 2 aromatic rings. The van der Waals surface area contributed by atoms with Gasteiger partial charge in [0.25, 0.3) is 5.91 Å². The number of hydrogen-bond acceptors (Lipinski definition) is 4. The van der Waals surface area contributed by atoms with Crippen molar-refractivity contribution in [3.63, 3.8) is 0 Å². The molecule has 6 nitrogen and oxygen atoms in total. The van der Waals surface area contributed by atoms with Crippen LogP contribution in [0, 0.1) is 0 Å². The van der Waals surface area contributed by atoms with Crippen LogP contribution in [0.4, 0.5) is 5.69 Å². The highest BCUT2D eigenvalue weighted by Crippen LogP contribution is 2.39. The molecule has 2 aliphatic carbocycles. The van der Waals surface area contributed by atoms with Gasteiger partial charge in [-0.2, -0.15) is 4.36 Å². The van der Waals surface area contributed by atoms with E-state index in [0.717, 1.165) is 44.2 Å². The molecule has 2 aromatic carbocycles. The van der Waals surface area contributed by atoms with Crippen molar-refractivity contribution in [1.82, 2.24) is 0 Å². The maximum atomic E-state index is 13.6. The predicted molar refractivity (Wildman–Crippen MR) is 119 cm³/mol. The van der Waals surface area contributed by atoms with Crippen LogP contribution in [-0.4, -0.2) is 26.9 Å². The number of nitrogens with one attached hydrogen (secondary N) is 1. The van der Waals surface area contributed by atoms with Crippen LogP contribution in [0.15, 0.2) is 33.5 Å². The lowest BCUT2D eigenvalue weighted by molar-refractivity contribution is -0.113. The summed E-state index contributed by atoms with van der Waals surface area (Å²) in [5.41, 5.74) is 5.53. The molecule has 0 radical (unpaired) electrons. The zero-order valence-corrected chi connectivity index (χ0v) is 18.6. The Morgan fingerprint density at radius 3 is 2.35 bits per heavy atom. The molecule has 7 heteroatoms. The second kappa shape index (κ2) is 7.00. The first-order chi connectivity index (χ1) is 14.7. The van der Waals surface area contributed by atoms with E-state index in [4.69, 9.17) is 0 Å². The molecule has 2 amide bonds. The Morgan fingerprint density at radius 2 is 1.74 bits per heavy atom. The third-order valence-electron chi connectivity index (χ3n) is 6.56. The molecule has 162 valence electrons. The van der Waals surface area contributed by atoms with Crippen molar-refractivity contribution in [3.05, 3.63) is 57.6 Å². The van der Waals surface area contributed by atoms with Gasteiger partial charge in [0.1, 0.15) is 5.75 Å². The van der Waals surface area contributed by atoms with E-state index in [-0.39, 0.29) is 16.2 Å². The number of fused-ring (bicyclic) bond motifs is 3. The molecule has 1 aliphatic heterocycles. The van der Waals surface area contributed by atoms with Crippen molar-refractivity contribution in [1.29, 1.82) is 0 Å². The summed E-state index contributed by atoms with van der Waals surface area (Å²) in [6.07, 6.45) is 6.09. The SMILES string of the molecule is CC(C)(O)c1ccc2c(c1)S(=O)(CC(=O)Nc1c3c(cc4c1CCC4)CCC3)=NC2=O. The lowest BCUT2D eigenvalue weighted by Crippen LogP contribution is -2.24. The molecule has 2 N–H and O–H groups in total.